The van der Waals surface area contributed by atoms with Gasteiger partial charge in [0.25, 0.3) is 0 Å². The molecule has 1 aromatic carbocycles. The highest BCUT2D eigenvalue weighted by Gasteiger charge is 2.20. The molecule has 0 saturated carbocycles. The second kappa shape index (κ2) is 9.74. The normalized spacial score (nSPS) is 17.7. The van der Waals surface area contributed by atoms with Crippen LogP contribution in [-0.4, -0.2) is 62.2 Å². The van der Waals surface area contributed by atoms with Crippen molar-refractivity contribution in [1.82, 2.24) is 15.1 Å². The van der Waals surface area contributed by atoms with Gasteiger partial charge in [-0.3, -0.25) is 0 Å². The van der Waals surface area contributed by atoms with Gasteiger partial charge in [0.2, 0.25) is 0 Å². The van der Waals surface area contributed by atoms with E-state index in [0.717, 1.165) is 25.1 Å². The number of nitrogens with zero attached hydrogens (tertiary/aromatic N) is 2. The van der Waals surface area contributed by atoms with E-state index in [0.29, 0.717) is 24.2 Å². The summed E-state index contributed by atoms with van der Waals surface area (Å²) in [5.74, 6) is 0.798. The Kier molecular flexibility index (Phi) is 7.66. The zero-order valence-corrected chi connectivity index (χ0v) is 15.4. The van der Waals surface area contributed by atoms with Gasteiger partial charge in [-0.05, 0) is 63.5 Å². The molecule has 2 amide bonds. The quantitative estimate of drug-likeness (QED) is 0.730. The number of rotatable bonds is 8. The van der Waals surface area contributed by atoms with Crippen LogP contribution in [-0.2, 0) is 0 Å². The van der Waals surface area contributed by atoms with Crippen LogP contribution in [0.25, 0.3) is 0 Å². The molecule has 0 spiro atoms. The number of hydrogen-bond acceptors (Lipinski definition) is 3. The van der Waals surface area contributed by atoms with Gasteiger partial charge >= 0.3 is 6.03 Å². The van der Waals surface area contributed by atoms with E-state index in [2.05, 4.69) is 17.3 Å². The number of amides is 2. The SMILES string of the molecule is CN(CCCOc1ccc(Cl)cc1)C(=O)NCCC1CCCN1C. The number of ether oxygens (including phenoxy) is 1. The Bertz CT molecular complexity index is 509. The van der Waals surface area contributed by atoms with Gasteiger partial charge in [-0.15, -0.1) is 0 Å². The molecule has 1 saturated heterocycles. The Morgan fingerprint density at radius 3 is 2.83 bits per heavy atom. The first-order valence-corrected chi connectivity index (χ1v) is 9.01. The molecule has 2 rings (SSSR count). The molecular formula is C18H28ClN3O2. The minimum atomic E-state index is -0.0119. The molecule has 1 heterocycles. The number of hydrogen-bond donors (Lipinski definition) is 1. The van der Waals surface area contributed by atoms with Crippen molar-refractivity contribution in [2.75, 3.05) is 40.3 Å². The summed E-state index contributed by atoms with van der Waals surface area (Å²) in [6.07, 6.45) is 4.32. The second-order valence-electron chi connectivity index (χ2n) is 6.37. The van der Waals surface area contributed by atoms with Crippen molar-refractivity contribution >= 4 is 17.6 Å². The molecule has 0 bridgehead atoms. The number of likely N-dealkylation sites (tertiary alicyclic amines) is 1. The van der Waals surface area contributed by atoms with Crippen molar-refractivity contribution in [2.24, 2.45) is 0 Å². The molecule has 5 nitrogen and oxygen atoms in total. The molecule has 1 fully saturated rings. The smallest absolute Gasteiger partial charge is 0.317 e. The summed E-state index contributed by atoms with van der Waals surface area (Å²) in [7, 11) is 3.98. The van der Waals surface area contributed by atoms with Gasteiger partial charge in [-0.2, -0.15) is 0 Å². The van der Waals surface area contributed by atoms with Crippen LogP contribution in [0.15, 0.2) is 24.3 Å². The van der Waals surface area contributed by atoms with Crippen molar-refractivity contribution in [3.8, 4) is 5.75 Å². The van der Waals surface area contributed by atoms with Crippen LogP contribution in [0.1, 0.15) is 25.7 Å². The van der Waals surface area contributed by atoms with E-state index in [1.165, 1.54) is 19.4 Å². The molecule has 0 aliphatic carbocycles. The first-order chi connectivity index (χ1) is 11.6. The molecule has 0 radical (unpaired) electrons. The van der Waals surface area contributed by atoms with E-state index in [9.17, 15) is 4.79 Å². The van der Waals surface area contributed by atoms with Gasteiger partial charge in [-0.1, -0.05) is 11.6 Å². The summed E-state index contributed by atoms with van der Waals surface area (Å²) in [5, 5.41) is 3.70. The van der Waals surface area contributed by atoms with Crippen molar-refractivity contribution in [3.63, 3.8) is 0 Å². The first-order valence-electron chi connectivity index (χ1n) is 8.64. The molecule has 1 aliphatic rings. The summed E-state index contributed by atoms with van der Waals surface area (Å²) < 4.78 is 5.63. The molecule has 0 aromatic heterocycles. The molecule has 1 atom stereocenters. The van der Waals surface area contributed by atoms with Crippen molar-refractivity contribution in [1.29, 1.82) is 0 Å². The molecule has 6 heteroatoms. The van der Waals surface area contributed by atoms with Crippen LogP contribution in [0.3, 0.4) is 0 Å². The van der Waals surface area contributed by atoms with Gasteiger partial charge in [0.05, 0.1) is 6.61 Å². The average Bonchev–Trinajstić information content (AvgIpc) is 2.98. The van der Waals surface area contributed by atoms with Crippen LogP contribution in [0.5, 0.6) is 5.75 Å². The third-order valence-electron chi connectivity index (χ3n) is 4.49. The maximum atomic E-state index is 12.0. The van der Waals surface area contributed by atoms with Crippen LogP contribution in [0.4, 0.5) is 4.79 Å². The van der Waals surface area contributed by atoms with Crippen LogP contribution >= 0.6 is 11.6 Å². The lowest BCUT2D eigenvalue weighted by Gasteiger charge is -2.21. The fourth-order valence-electron chi connectivity index (χ4n) is 2.95. The van der Waals surface area contributed by atoms with E-state index < -0.39 is 0 Å². The lowest BCUT2D eigenvalue weighted by molar-refractivity contribution is 0.201. The zero-order chi connectivity index (χ0) is 17.4. The summed E-state index contributed by atoms with van der Waals surface area (Å²) in [5.41, 5.74) is 0. The number of carbonyl (C=O) groups is 1. The Labute approximate surface area is 149 Å². The molecule has 24 heavy (non-hydrogen) atoms. The number of nitrogens with one attached hydrogen (secondary N) is 1. The van der Waals surface area contributed by atoms with Gasteiger partial charge in [0.1, 0.15) is 5.75 Å². The van der Waals surface area contributed by atoms with Crippen LogP contribution in [0, 0.1) is 0 Å². The zero-order valence-electron chi connectivity index (χ0n) is 14.6. The molecule has 134 valence electrons. The third kappa shape index (κ3) is 6.21. The van der Waals surface area contributed by atoms with E-state index in [-0.39, 0.29) is 6.03 Å². The minimum Gasteiger partial charge on any atom is -0.494 e. The van der Waals surface area contributed by atoms with E-state index in [4.69, 9.17) is 16.3 Å². The summed E-state index contributed by atoms with van der Waals surface area (Å²) in [6.45, 7) is 3.15. The maximum Gasteiger partial charge on any atom is 0.317 e. The lowest BCUT2D eigenvalue weighted by atomic mass is 10.1. The predicted molar refractivity (Wildman–Crippen MR) is 97.9 cm³/mol. The highest BCUT2D eigenvalue weighted by molar-refractivity contribution is 6.30. The molecule has 1 aromatic rings. The van der Waals surface area contributed by atoms with E-state index in [1.54, 1.807) is 17.0 Å². The predicted octanol–water partition coefficient (Wildman–Crippen LogP) is 3.23. The van der Waals surface area contributed by atoms with Crippen LogP contribution in [0.2, 0.25) is 5.02 Å². The van der Waals surface area contributed by atoms with Gasteiger partial charge < -0.3 is 19.9 Å². The minimum absolute atomic E-state index is 0.0119. The van der Waals surface area contributed by atoms with Gasteiger partial charge in [0.15, 0.2) is 0 Å². The third-order valence-corrected chi connectivity index (χ3v) is 4.74. The lowest BCUT2D eigenvalue weighted by Crippen LogP contribution is -2.40. The number of halogens is 1. The highest BCUT2D eigenvalue weighted by Crippen LogP contribution is 2.17. The molecule has 1 aliphatic heterocycles. The van der Waals surface area contributed by atoms with Crippen molar-refractivity contribution in [3.05, 3.63) is 29.3 Å². The number of benzene rings is 1. The average molecular weight is 354 g/mol. The fourth-order valence-corrected chi connectivity index (χ4v) is 3.07. The largest absolute Gasteiger partial charge is 0.494 e. The molecular weight excluding hydrogens is 326 g/mol. The summed E-state index contributed by atoms with van der Waals surface area (Å²) in [4.78, 5) is 16.1. The first kappa shape index (κ1) is 18.9. The second-order valence-corrected chi connectivity index (χ2v) is 6.81. The molecule has 1 unspecified atom stereocenters. The van der Waals surface area contributed by atoms with E-state index >= 15 is 0 Å². The van der Waals surface area contributed by atoms with Gasteiger partial charge in [-0.25, -0.2) is 4.79 Å². The number of urea groups is 1. The molecule has 1 N–H and O–H groups in total. The monoisotopic (exact) mass is 353 g/mol. The summed E-state index contributed by atoms with van der Waals surface area (Å²) >= 11 is 5.83. The van der Waals surface area contributed by atoms with Crippen molar-refractivity contribution < 1.29 is 9.53 Å². The van der Waals surface area contributed by atoms with Crippen molar-refractivity contribution in [2.45, 2.75) is 31.7 Å². The van der Waals surface area contributed by atoms with Crippen LogP contribution < -0.4 is 10.1 Å². The topological polar surface area (TPSA) is 44.8 Å². The Morgan fingerprint density at radius 1 is 1.42 bits per heavy atom. The summed E-state index contributed by atoms with van der Waals surface area (Å²) in [6, 6.07) is 7.90. The van der Waals surface area contributed by atoms with E-state index in [1.807, 2.05) is 19.2 Å². The standard InChI is InChI=1S/C18H28ClN3O2/c1-21-12-3-5-16(21)10-11-20-18(23)22(2)13-4-14-24-17-8-6-15(19)7-9-17/h6-9,16H,3-5,10-14H2,1-2H3,(H,20,23). The Balaban J connectivity index is 1.55. The van der Waals surface area contributed by atoms with Gasteiger partial charge in [0, 0.05) is 31.2 Å². The fraction of sp³-hybridized carbons (Fsp3) is 0.611. The maximum absolute atomic E-state index is 12.0. The Morgan fingerprint density at radius 2 is 2.17 bits per heavy atom. The number of carbonyl (C=O) groups excluding carboxylic acids is 1. The Hall–Kier alpha value is -1.46. The highest BCUT2D eigenvalue weighted by atomic mass is 35.5.